The second kappa shape index (κ2) is 6.63. The lowest BCUT2D eigenvalue weighted by atomic mass is 10.1. The van der Waals surface area contributed by atoms with E-state index in [1.807, 2.05) is 12.1 Å². The van der Waals surface area contributed by atoms with Gasteiger partial charge in [0.2, 0.25) is 0 Å². The zero-order valence-electron chi connectivity index (χ0n) is 13.2. The molecule has 0 radical (unpaired) electrons. The smallest absolute Gasteiger partial charge is 0.269 e. The number of anilines is 1. The molecule has 3 N–H and O–H groups in total. The molecule has 0 atom stereocenters. The number of nitriles is 2. The summed E-state index contributed by atoms with van der Waals surface area (Å²) < 4.78 is 1.76. The van der Waals surface area contributed by atoms with E-state index in [0.29, 0.717) is 11.4 Å². The van der Waals surface area contributed by atoms with Gasteiger partial charge in [0, 0.05) is 29.7 Å². The molecule has 0 spiro atoms. The fourth-order valence-corrected chi connectivity index (χ4v) is 2.45. The van der Waals surface area contributed by atoms with E-state index < -0.39 is 4.92 Å². The van der Waals surface area contributed by atoms with Crippen molar-refractivity contribution < 1.29 is 4.92 Å². The van der Waals surface area contributed by atoms with Crippen molar-refractivity contribution in [2.75, 3.05) is 5.73 Å². The Morgan fingerprint density at radius 2 is 2.04 bits per heavy atom. The summed E-state index contributed by atoms with van der Waals surface area (Å²) >= 11 is 0. The number of nitrogen functional groups attached to an aromatic ring is 1. The van der Waals surface area contributed by atoms with Crippen LogP contribution in [0.25, 0.3) is 17.3 Å². The normalized spacial score (nSPS) is 10.9. The molecule has 0 aliphatic rings. The third-order valence-electron chi connectivity index (χ3n) is 3.71. The molecule has 26 heavy (non-hydrogen) atoms. The number of allylic oxidation sites excluding steroid dienone is 1. The van der Waals surface area contributed by atoms with Crippen molar-refractivity contribution in [3.05, 3.63) is 69.7 Å². The van der Waals surface area contributed by atoms with Crippen molar-refractivity contribution in [1.82, 2.24) is 14.8 Å². The maximum atomic E-state index is 10.8. The number of aromatic amines is 1. The molecule has 3 aromatic rings. The number of nitro groups is 1. The standard InChI is InChI=1S/C17H11N7O2/c18-9-11(16-15(10-19)17(20)22-21-16)8-14-2-1-7-23(14)12-3-5-13(6-4-12)24(25)26/h1-8H,(H3,20,21,22). The third-order valence-corrected chi connectivity index (χ3v) is 3.71. The molecule has 2 aromatic heterocycles. The van der Waals surface area contributed by atoms with E-state index in [0.717, 1.165) is 0 Å². The van der Waals surface area contributed by atoms with Crippen molar-refractivity contribution in [1.29, 1.82) is 10.5 Å². The molecule has 0 aliphatic heterocycles. The molecule has 1 aromatic carbocycles. The van der Waals surface area contributed by atoms with Gasteiger partial charge < -0.3 is 10.3 Å². The lowest BCUT2D eigenvalue weighted by molar-refractivity contribution is -0.384. The summed E-state index contributed by atoms with van der Waals surface area (Å²) in [5.74, 6) is 0.0226. The Morgan fingerprint density at radius 1 is 1.31 bits per heavy atom. The van der Waals surface area contributed by atoms with Crippen LogP contribution in [0, 0.1) is 32.8 Å². The summed E-state index contributed by atoms with van der Waals surface area (Å²) in [7, 11) is 0. The van der Waals surface area contributed by atoms with Crippen LogP contribution in [-0.4, -0.2) is 19.7 Å². The molecule has 0 bridgehead atoms. The highest BCUT2D eigenvalue weighted by Crippen LogP contribution is 2.24. The van der Waals surface area contributed by atoms with Gasteiger partial charge in [-0.2, -0.15) is 15.6 Å². The molecule has 0 saturated heterocycles. The highest BCUT2D eigenvalue weighted by Gasteiger charge is 2.15. The van der Waals surface area contributed by atoms with E-state index in [-0.39, 0.29) is 28.3 Å². The van der Waals surface area contributed by atoms with Gasteiger partial charge in [0.1, 0.15) is 17.7 Å². The minimum atomic E-state index is -0.472. The van der Waals surface area contributed by atoms with E-state index in [4.69, 9.17) is 5.73 Å². The van der Waals surface area contributed by atoms with Crippen LogP contribution in [0.5, 0.6) is 0 Å². The fraction of sp³-hybridized carbons (Fsp3) is 0. The van der Waals surface area contributed by atoms with Crippen LogP contribution in [-0.2, 0) is 0 Å². The number of nitrogens with two attached hydrogens (primary N) is 1. The number of hydrogen-bond acceptors (Lipinski definition) is 6. The second-order valence-corrected chi connectivity index (χ2v) is 5.22. The van der Waals surface area contributed by atoms with E-state index in [2.05, 4.69) is 10.2 Å². The molecule has 0 fully saturated rings. The van der Waals surface area contributed by atoms with Crippen LogP contribution in [0.4, 0.5) is 11.5 Å². The summed E-state index contributed by atoms with van der Waals surface area (Å²) in [6.07, 6.45) is 3.34. The van der Waals surface area contributed by atoms with Gasteiger partial charge in [-0.1, -0.05) is 0 Å². The van der Waals surface area contributed by atoms with Crippen LogP contribution in [0.15, 0.2) is 42.6 Å². The van der Waals surface area contributed by atoms with E-state index in [9.17, 15) is 20.6 Å². The number of H-pyrrole nitrogens is 1. The highest BCUT2D eigenvalue weighted by molar-refractivity contribution is 5.90. The van der Waals surface area contributed by atoms with Crippen LogP contribution in [0.2, 0.25) is 0 Å². The number of nitrogens with one attached hydrogen (secondary N) is 1. The molecule has 0 unspecified atom stereocenters. The first-order valence-corrected chi connectivity index (χ1v) is 7.33. The molecule has 2 heterocycles. The molecular weight excluding hydrogens is 334 g/mol. The van der Waals surface area contributed by atoms with E-state index >= 15 is 0 Å². The minimum absolute atomic E-state index is 0.0118. The van der Waals surface area contributed by atoms with Crippen LogP contribution >= 0.6 is 0 Å². The Morgan fingerprint density at radius 3 is 2.65 bits per heavy atom. The molecule has 0 amide bonds. The summed E-state index contributed by atoms with van der Waals surface area (Å²) in [6, 6.07) is 13.5. The van der Waals surface area contributed by atoms with E-state index in [1.165, 1.54) is 12.1 Å². The molecule has 9 nitrogen and oxygen atoms in total. The van der Waals surface area contributed by atoms with E-state index in [1.54, 1.807) is 41.1 Å². The summed E-state index contributed by atoms with van der Waals surface area (Å²) in [5, 5.41) is 35.8. The highest BCUT2D eigenvalue weighted by atomic mass is 16.6. The average Bonchev–Trinajstić information content (AvgIpc) is 3.25. The number of rotatable bonds is 4. The van der Waals surface area contributed by atoms with Gasteiger partial charge in [-0.05, 0) is 30.3 Å². The third kappa shape index (κ3) is 2.88. The van der Waals surface area contributed by atoms with Crippen molar-refractivity contribution in [3.8, 4) is 17.8 Å². The van der Waals surface area contributed by atoms with Gasteiger partial charge in [0.05, 0.1) is 16.2 Å². The predicted octanol–water partition coefficient (Wildman–Crippen LogP) is 2.63. The first kappa shape index (κ1) is 16.5. The zero-order chi connectivity index (χ0) is 18.7. The zero-order valence-corrected chi connectivity index (χ0v) is 13.2. The van der Waals surface area contributed by atoms with Crippen LogP contribution in [0.3, 0.4) is 0 Å². The number of nitrogens with zero attached hydrogens (tertiary/aromatic N) is 5. The Hall–Kier alpha value is -4.37. The van der Waals surface area contributed by atoms with Crippen molar-refractivity contribution in [3.63, 3.8) is 0 Å². The number of nitro benzene ring substituents is 1. The largest absolute Gasteiger partial charge is 0.381 e. The average molecular weight is 345 g/mol. The molecule has 126 valence electrons. The van der Waals surface area contributed by atoms with Gasteiger partial charge in [-0.3, -0.25) is 15.2 Å². The fourth-order valence-electron chi connectivity index (χ4n) is 2.45. The Balaban J connectivity index is 2.05. The number of non-ortho nitro benzene ring substituents is 1. The summed E-state index contributed by atoms with van der Waals surface area (Å²) in [4.78, 5) is 10.3. The first-order chi connectivity index (χ1) is 12.5. The first-order valence-electron chi connectivity index (χ1n) is 7.33. The van der Waals surface area contributed by atoms with Gasteiger partial charge >= 0.3 is 0 Å². The number of benzene rings is 1. The predicted molar refractivity (Wildman–Crippen MR) is 93.6 cm³/mol. The van der Waals surface area contributed by atoms with Gasteiger partial charge in [-0.25, -0.2) is 0 Å². The minimum Gasteiger partial charge on any atom is -0.381 e. The van der Waals surface area contributed by atoms with Gasteiger partial charge in [0.15, 0.2) is 5.82 Å². The molecule has 0 aliphatic carbocycles. The SMILES string of the molecule is N#CC(=Cc1cccn1-c1ccc([N+](=O)[O-])cc1)c1[nH]nc(N)c1C#N. The summed E-state index contributed by atoms with van der Waals surface area (Å²) in [6.45, 7) is 0. The Bertz CT molecular complexity index is 1090. The quantitative estimate of drug-likeness (QED) is 0.421. The lowest BCUT2D eigenvalue weighted by Crippen LogP contribution is -1.96. The van der Waals surface area contributed by atoms with Crippen LogP contribution in [0.1, 0.15) is 17.0 Å². The van der Waals surface area contributed by atoms with Crippen LogP contribution < -0.4 is 5.73 Å². The second-order valence-electron chi connectivity index (χ2n) is 5.22. The number of aromatic nitrogens is 3. The topological polar surface area (TPSA) is 150 Å². The van der Waals surface area contributed by atoms with Crippen molar-refractivity contribution in [2.45, 2.75) is 0 Å². The molecule has 9 heteroatoms. The van der Waals surface area contributed by atoms with Gasteiger partial charge in [-0.15, -0.1) is 0 Å². The monoisotopic (exact) mass is 345 g/mol. The van der Waals surface area contributed by atoms with Crippen molar-refractivity contribution >= 4 is 23.2 Å². The lowest BCUT2D eigenvalue weighted by Gasteiger charge is -2.07. The Labute approximate surface area is 147 Å². The number of hydrogen-bond donors (Lipinski definition) is 2. The molecule has 3 rings (SSSR count). The van der Waals surface area contributed by atoms with Crippen molar-refractivity contribution in [2.24, 2.45) is 0 Å². The summed E-state index contributed by atoms with van der Waals surface area (Å²) in [5.41, 5.74) is 7.47. The van der Waals surface area contributed by atoms with Gasteiger partial charge in [0.25, 0.3) is 5.69 Å². The Kier molecular flexibility index (Phi) is 4.20. The molecular formula is C17H11N7O2. The molecule has 0 saturated carbocycles. The maximum absolute atomic E-state index is 10.8. The maximum Gasteiger partial charge on any atom is 0.269 e.